The number of rotatable bonds is 8. The lowest BCUT2D eigenvalue weighted by Crippen LogP contribution is -2.48. The molecule has 6 rings (SSSR count). The summed E-state index contributed by atoms with van der Waals surface area (Å²) in [6, 6.07) is 22.0. The molecule has 3 aromatic rings. The van der Waals surface area contributed by atoms with E-state index in [1.807, 2.05) is 29.2 Å². The number of nitriles is 1. The van der Waals surface area contributed by atoms with Gasteiger partial charge in [0.05, 0.1) is 17.2 Å². The van der Waals surface area contributed by atoms with Crippen LogP contribution in [0.4, 0.5) is 5.69 Å². The van der Waals surface area contributed by atoms with Crippen molar-refractivity contribution in [2.24, 2.45) is 5.92 Å². The fraction of sp³-hybridized carbons (Fsp3) is 0.371. The highest BCUT2D eigenvalue weighted by Crippen LogP contribution is 2.41. The molecule has 1 N–H and O–H groups in total. The van der Waals surface area contributed by atoms with Crippen LogP contribution in [0.1, 0.15) is 63.2 Å². The molecule has 0 bridgehead atoms. The summed E-state index contributed by atoms with van der Waals surface area (Å²) >= 11 is 0. The monoisotopic (exact) mass is 574 g/mol. The number of piperazine rings is 1. The average Bonchev–Trinajstić information content (AvgIpc) is 3.92. The summed E-state index contributed by atoms with van der Waals surface area (Å²) in [6.07, 6.45) is 5.76. The number of hydrogen-bond acceptors (Lipinski definition) is 6. The van der Waals surface area contributed by atoms with Crippen LogP contribution in [0.25, 0.3) is 5.57 Å². The zero-order valence-corrected chi connectivity index (χ0v) is 24.5. The number of carbonyl (C=O) groups is 2. The number of pyridine rings is 1. The van der Waals surface area contributed by atoms with Crippen LogP contribution in [0.2, 0.25) is 0 Å². The van der Waals surface area contributed by atoms with Crippen LogP contribution in [0, 0.1) is 17.2 Å². The van der Waals surface area contributed by atoms with Gasteiger partial charge in [0.25, 0.3) is 11.8 Å². The Bertz CT molecular complexity index is 1490. The number of allylic oxidation sites excluding steroid dienone is 1. The van der Waals surface area contributed by atoms with Gasteiger partial charge in [-0.3, -0.25) is 19.5 Å². The van der Waals surface area contributed by atoms with E-state index in [1.165, 1.54) is 41.4 Å². The van der Waals surface area contributed by atoms with Crippen molar-refractivity contribution in [3.63, 3.8) is 0 Å². The first-order valence-electron chi connectivity index (χ1n) is 15.3. The van der Waals surface area contributed by atoms with Crippen molar-refractivity contribution < 1.29 is 9.59 Å². The molecule has 2 amide bonds. The summed E-state index contributed by atoms with van der Waals surface area (Å²) in [5.74, 6) is 0.407. The highest BCUT2D eigenvalue weighted by molar-refractivity contribution is 5.96. The van der Waals surface area contributed by atoms with Gasteiger partial charge in [0, 0.05) is 63.7 Å². The molecule has 8 heteroatoms. The van der Waals surface area contributed by atoms with Gasteiger partial charge in [-0.05, 0) is 84.7 Å². The molecule has 43 heavy (non-hydrogen) atoms. The van der Waals surface area contributed by atoms with Crippen molar-refractivity contribution >= 4 is 23.1 Å². The lowest BCUT2D eigenvalue weighted by Gasteiger charge is -2.36. The van der Waals surface area contributed by atoms with Crippen LogP contribution in [0.3, 0.4) is 0 Å². The van der Waals surface area contributed by atoms with Crippen molar-refractivity contribution in [3.8, 4) is 6.07 Å². The summed E-state index contributed by atoms with van der Waals surface area (Å²) < 4.78 is 0. The van der Waals surface area contributed by atoms with E-state index in [1.54, 1.807) is 12.1 Å². The van der Waals surface area contributed by atoms with E-state index in [9.17, 15) is 9.59 Å². The fourth-order valence-corrected chi connectivity index (χ4v) is 6.00. The maximum absolute atomic E-state index is 13.2. The Balaban J connectivity index is 0.945. The highest BCUT2D eigenvalue weighted by Gasteiger charge is 2.27. The van der Waals surface area contributed by atoms with Gasteiger partial charge in [-0.15, -0.1) is 0 Å². The number of likely N-dealkylation sites (tertiary alicyclic amines) is 1. The van der Waals surface area contributed by atoms with Gasteiger partial charge in [-0.25, -0.2) is 0 Å². The van der Waals surface area contributed by atoms with E-state index >= 15 is 0 Å². The molecule has 3 heterocycles. The topological polar surface area (TPSA) is 92.6 Å². The summed E-state index contributed by atoms with van der Waals surface area (Å²) in [7, 11) is 0. The van der Waals surface area contributed by atoms with Gasteiger partial charge in [0.2, 0.25) is 0 Å². The van der Waals surface area contributed by atoms with Gasteiger partial charge < -0.3 is 15.1 Å². The van der Waals surface area contributed by atoms with E-state index in [0.29, 0.717) is 35.8 Å². The molecule has 8 nitrogen and oxygen atoms in total. The summed E-state index contributed by atoms with van der Waals surface area (Å²) in [5.41, 5.74) is 6.33. The minimum absolute atomic E-state index is 0.0511. The van der Waals surface area contributed by atoms with Crippen molar-refractivity contribution in [1.82, 2.24) is 20.1 Å². The summed E-state index contributed by atoms with van der Waals surface area (Å²) in [6.45, 7) is 9.69. The normalized spacial score (nSPS) is 17.7. The lowest BCUT2D eigenvalue weighted by molar-refractivity contribution is 0.0745. The number of hydrogen-bond donors (Lipinski definition) is 1. The fourth-order valence-electron chi connectivity index (χ4n) is 6.00. The van der Waals surface area contributed by atoms with E-state index < -0.39 is 0 Å². The maximum atomic E-state index is 13.2. The van der Waals surface area contributed by atoms with Crippen LogP contribution >= 0.6 is 0 Å². The first-order chi connectivity index (χ1) is 21.0. The smallest absolute Gasteiger partial charge is 0.270 e. The average molecular weight is 575 g/mol. The van der Waals surface area contributed by atoms with Crippen LogP contribution in [0.15, 0.2) is 73.4 Å². The lowest BCUT2D eigenvalue weighted by atomic mass is 10.0. The van der Waals surface area contributed by atoms with E-state index in [-0.39, 0.29) is 17.9 Å². The predicted molar refractivity (Wildman–Crippen MR) is 167 cm³/mol. The maximum Gasteiger partial charge on any atom is 0.270 e. The number of carbonyl (C=O) groups excluding carboxylic acids is 2. The van der Waals surface area contributed by atoms with Crippen molar-refractivity contribution in [2.75, 3.05) is 44.2 Å². The first-order valence-corrected chi connectivity index (χ1v) is 15.3. The molecular formula is C35H38N6O2. The van der Waals surface area contributed by atoms with Gasteiger partial charge in [-0.1, -0.05) is 30.8 Å². The van der Waals surface area contributed by atoms with Crippen molar-refractivity contribution in [3.05, 3.63) is 101 Å². The molecule has 2 saturated heterocycles. The van der Waals surface area contributed by atoms with Crippen LogP contribution in [-0.4, -0.2) is 71.9 Å². The van der Waals surface area contributed by atoms with Gasteiger partial charge >= 0.3 is 0 Å². The second-order valence-electron chi connectivity index (χ2n) is 11.9. The minimum Gasteiger partial charge on any atom is -0.368 e. The molecule has 0 radical (unpaired) electrons. The Morgan fingerprint density at radius 3 is 2.14 bits per heavy atom. The molecule has 0 atom stereocenters. The van der Waals surface area contributed by atoms with E-state index in [4.69, 9.17) is 5.26 Å². The number of anilines is 1. The molecule has 220 valence electrons. The molecule has 0 spiro atoms. The minimum atomic E-state index is -0.204. The van der Waals surface area contributed by atoms with Crippen molar-refractivity contribution in [2.45, 2.75) is 38.3 Å². The molecule has 0 unspecified atom stereocenters. The zero-order valence-electron chi connectivity index (χ0n) is 24.5. The van der Waals surface area contributed by atoms with E-state index in [2.05, 4.69) is 57.0 Å². The third-order valence-corrected chi connectivity index (χ3v) is 8.90. The Morgan fingerprint density at radius 2 is 1.53 bits per heavy atom. The number of nitrogens with one attached hydrogen (secondary N) is 1. The largest absolute Gasteiger partial charge is 0.368 e. The number of benzene rings is 2. The Labute approximate surface area is 253 Å². The Kier molecular flexibility index (Phi) is 8.52. The van der Waals surface area contributed by atoms with Crippen LogP contribution < -0.4 is 10.2 Å². The second kappa shape index (κ2) is 12.8. The van der Waals surface area contributed by atoms with Crippen LogP contribution in [-0.2, 0) is 6.54 Å². The molecule has 1 aromatic heterocycles. The molecular weight excluding hydrogens is 536 g/mol. The van der Waals surface area contributed by atoms with Gasteiger partial charge in [0.15, 0.2) is 0 Å². The van der Waals surface area contributed by atoms with Gasteiger partial charge in [-0.2, -0.15) is 5.26 Å². The highest BCUT2D eigenvalue weighted by atomic mass is 16.2. The molecule has 1 saturated carbocycles. The molecule has 1 aliphatic carbocycles. The standard InChI is InChI=1S/C35H38N6O2/c1-25(28-6-7-28)29-8-11-32(12-9-29)40-18-20-41(21-19-40)35(43)30-10-13-33(37-23-30)34(42)38-31-14-16-39(17-15-31)24-27-4-2-26(22-36)3-5-27/h2-5,8-13,23,28,31H,1,6-7,14-21,24H2,(H,38,42). The van der Waals surface area contributed by atoms with Gasteiger partial charge in [0.1, 0.15) is 5.69 Å². The third kappa shape index (κ3) is 6.95. The van der Waals surface area contributed by atoms with Crippen molar-refractivity contribution in [1.29, 1.82) is 5.26 Å². The Morgan fingerprint density at radius 1 is 0.860 bits per heavy atom. The second-order valence-corrected chi connectivity index (χ2v) is 11.9. The SMILES string of the molecule is C=C(c1ccc(N2CCN(C(=O)c3ccc(C(=O)NC4CCN(Cc5ccc(C#N)cc5)CC4)nc3)CC2)cc1)C1CC1. The third-order valence-electron chi connectivity index (χ3n) is 8.90. The van der Waals surface area contributed by atoms with Crippen LogP contribution in [0.5, 0.6) is 0 Å². The number of amides is 2. The molecule has 3 aliphatic rings. The van der Waals surface area contributed by atoms with E-state index in [0.717, 1.165) is 45.6 Å². The summed E-state index contributed by atoms with van der Waals surface area (Å²) in [4.78, 5) is 36.9. The predicted octanol–water partition coefficient (Wildman–Crippen LogP) is 4.73. The molecule has 2 aromatic carbocycles. The number of aromatic nitrogens is 1. The number of piperidine rings is 1. The summed E-state index contributed by atoms with van der Waals surface area (Å²) in [5, 5.41) is 12.1. The molecule has 2 aliphatic heterocycles. The Hall–Kier alpha value is -4.48. The number of nitrogens with zero attached hydrogens (tertiary/aromatic N) is 5. The zero-order chi connectivity index (χ0) is 29.8. The first kappa shape index (κ1) is 28.6. The molecule has 3 fully saturated rings. The quantitative estimate of drug-likeness (QED) is 0.418.